The number of hydrogen-bond donors (Lipinski definition) is 0. The van der Waals surface area contributed by atoms with E-state index in [4.69, 9.17) is 18.9 Å². The van der Waals surface area contributed by atoms with E-state index in [9.17, 15) is 9.59 Å². The third-order valence-corrected chi connectivity index (χ3v) is 8.00. The Morgan fingerprint density at radius 1 is 1.00 bits per heavy atom. The highest BCUT2D eigenvalue weighted by atomic mass is 16.5. The van der Waals surface area contributed by atoms with Crippen molar-refractivity contribution in [3.63, 3.8) is 0 Å². The van der Waals surface area contributed by atoms with Gasteiger partial charge in [-0.2, -0.15) is 0 Å². The van der Waals surface area contributed by atoms with Gasteiger partial charge in [0.2, 0.25) is 17.6 Å². The van der Waals surface area contributed by atoms with Crippen molar-refractivity contribution in [1.82, 2.24) is 9.80 Å². The van der Waals surface area contributed by atoms with Crippen LogP contribution in [0.5, 0.6) is 17.2 Å². The third kappa shape index (κ3) is 5.57. The van der Waals surface area contributed by atoms with Crippen molar-refractivity contribution in [3.8, 4) is 17.2 Å². The van der Waals surface area contributed by atoms with Crippen LogP contribution < -0.4 is 19.1 Å². The average molecular weight is 504 g/mol. The molecule has 200 valence electrons. The number of amides is 2. The van der Waals surface area contributed by atoms with E-state index in [1.54, 1.807) is 45.5 Å². The second-order valence-corrected chi connectivity index (χ2v) is 10.1. The fraction of sp³-hybridized carbons (Fsp3) is 0.704. The predicted octanol–water partition coefficient (Wildman–Crippen LogP) is 2.80. The van der Waals surface area contributed by atoms with Gasteiger partial charge in [0.1, 0.15) is 0 Å². The topological polar surface area (TPSA) is 80.8 Å². The minimum atomic E-state index is -0.389. The Bertz CT molecular complexity index is 898. The van der Waals surface area contributed by atoms with Gasteiger partial charge in [-0.05, 0) is 44.7 Å². The van der Waals surface area contributed by atoms with Crippen molar-refractivity contribution in [3.05, 3.63) is 12.1 Å². The van der Waals surface area contributed by atoms with Crippen LogP contribution in [0.3, 0.4) is 0 Å². The number of anilines is 1. The van der Waals surface area contributed by atoms with Crippen molar-refractivity contribution < 1.29 is 28.5 Å². The SMILES string of the molecule is COCCN(C[C@@H]1CCCN2CCCC[C@H]12)C(=O)[C@@H]1CC(=O)N(c2cc(OC)c(OC)c(OC)c2)C1. The molecule has 36 heavy (non-hydrogen) atoms. The molecule has 1 aromatic rings. The fourth-order valence-electron chi connectivity index (χ4n) is 6.17. The van der Waals surface area contributed by atoms with Crippen LogP contribution in [0.25, 0.3) is 0 Å². The Labute approximate surface area is 214 Å². The van der Waals surface area contributed by atoms with Crippen molar-refractivity contribution in [2.45, 2.75) is 44.6 Å². The monoisotopic (exact) mass is 503 g/mol. The lowest BCUT2D eigenvalue weighted by molar-refractivity contribution is -0.137. The molecule has 0 spiro atoms. The van der Waals surface area contributed by atoms with E-state index in [1.807, 2.05) is 4.90 Å². The fourth-order valence-corrected chi connectivity index (χ4v) is 6.17. The molecular weight excluding hydrogens is 462 g/mol. The molecule has 9 heteroatoms. The number of ether oxygens (including phenoxy) is 4. The summed E-state index contributed by atoms with van der Waals surface area (Å²) in [6, 6.07) is 4.08. The number of benzene rings is 1. The van der Waals surface area contributed by atoms with Crippen LogP contribution in [0.4, 0.5) is 5.69 Å². The molecule has 3 fully saturated rings. The van der Waals surface area contributed by atoms with E-state index < -0.39 is 0 Å². The zero-order valence-electron chi connectivity index (χ0n) is 22.2. The number of nitrogens with zero attached hydrogens (tertiary/aromatic N) is 3. The number of piperidine rings is 2. The summed E-state index contributed by atoms with van der Waals surface area (Å²) in [6.45, 7) is 4.46. The Morgan fingerprint density at radius 2 is 1.72 bits per heavy atom. The first-order valence-electron chi connectivity index (χ1n) is 13.1. The molecule has 3 aliphatic rings. The van der Waals surface area contributed by atoms with Crippen molar-refractivity contribution in [2.24, 2.45) is 11.8 Å². The highest BCUT2D eigenvalue weighted by molar-refractivity contribution is 6.00. The van der Waals surface area contributed by atoms with E-state index in [2.05, 4.69) is 4.90 Å². The number of carbonyl (C=O) groups is 2. The van der Waals surface area contributed by atoms with Crippen molar-refractivity contribution >= 4 is 17.5 Å². The predicted molar refractivity (Wildman–Crippen MR) is 137 cm³/mol. The summed E-state index contributed by atoms with van der Waals surface area (Å²) in [4.78, 5) is 33.1. The summed E-state index contributed by atoms with van der Waals surface area (Å²) in [5.74, 6) is 1.48. The standard InChI is InChI=1S/C27H41N3O6/c1-33-13-12-29(17-19-8-7-11-28-10-6-5-9-22(19)28)27(32)20-14-25(31)30(18-20)21-15-23(34-2)26(36-4)24(16-21)35-3/h15-16,19-20,22H,5-14,17-18H2,1-4H3/t19-,20+,22+/m0/s1. The molecule has 0 bridgehead atoms. The number of rotatable bonds is 10. The molecule has 9 nitrogen and oxygen atoms in total. The van der Waals surface area contributed by atoms with E-state index >= 15 is 0 Å². The highest BCUT2D eigenvalue weighted by Gasteiger charge is 2.40. The lowest BCUT2D eigenvalue weighted by atomic mass is 9.83. The maximum Gasteiger partial charge on any atom is 0.228 e. The van der Waals surface area contributed by atoms with Gasteiger partial charge in [-0.25, -0.2) is 0 Å². The molecule has 3 aliphatic heterocycles. The molecule has 0 aliphatic carbocycles. The molecule has 3 atom stereocenters. The Balaban J connectivity index is 1.49. The maximum atomic E-state index is 13.8. The van der Waals surface area contributed by atoms with Crippen LogP contribution in [-0.4, -0.2) is 95.4 Å². The average Bonchev–Trinajstić information content (AvgIpc) is 3.31. The Kier molecular flexibility index (Phi) is 8.95. The molecular formula is C27H41N3O6. The quantitative estimate of drug-likeness (QED) is 0.486. The molecule has 1 aromatic carbocycles. The van der Waals surface area contributed by atoms with Gasteiger partial charge in [-0.15, -0.1) is 0 Å². The number of hydrogen-bond acceptors (Lipinski definition) is 7. The number of carbonyl (C=O) groups excluding carboxylic acids is 2. The molecule has 0 aromatic heterocycles. The lowest BCUT2D eigenvalue weighted by Gasteiger charge is -2.46. The summed E-state index contributed by atoms with van der Waals surface area (Å²) < 4.78 is 21.7. The lowest BCUT2D eigenvalue weighted by Crippen LogP contribution is -2.52. The van der Waals surface area contributed by atoms with Crippen LogP contribution in [0.1, 0.15) is 38.5 Å². The normalized spacial score (nSPS) is 24.4. The van der Waals surface area contributed by atoms with Gasteiger partial charge in [0, 0.05) is 51.3 Å². The van der Waals surface area contributed by atoms with Gasteiger partial charge in [0.25, 0.3) is 0 Å². The summed E-state index contributed by atoms with van der Waals surface area (Å²) in [5.41, 5.74) is 0.637. The molecule has 0 radical (unpaired) electrons. The molecule has 0 N–H and O–H groups in total. The summed E-state index contributed by atoms with van der Waals surface area (Å²) >= 11 is 0. The molecule has 3 heterocycles. The Morgan fingerprint density at radius 3 is 2.39 bits per heavy atom. The summed E-state index contributed by atoms with van der Waals surface area (Å²) in [7, 11) is 6.30. The number of methoxy groups -OCH3 is 4. The van der Waals surface area contributed by atoms with Gasteiger partial charge >= 0.3 is 0 Å². The Hall–Kier alpha value is -2.52. The largest absolute Gasteiger partial charge is 0.493 e. The highest BCUT2D eigenvalue weighted by Crippen LogP contribution is 2.42. The third-order valence-electron chi connectivity index (χ3n) is 8.00. The van der Waals surface area contributed by atoms with E-state index in [0.29, 0.717) is 54.6 Å². The van der Waals surface area contributed by atoms with Gasteiger partial charge in [-0.3, -0.25) is 9.59 Å². The van der Waals surface area contributed by atoms with E-state index in [-0.39, 0.29) is 24.2 Å². The zero-order chi connectivity index (χ0) is 25.7. The van der Waals surface area contributed by atoms with Crippen LogP contribution in [0.15, 0.2) is 12.1 Å². The first-order valence-corrected chi connectivity index (χ1v) is 13.1. The van der Waals surface area contributed by atoms with Gasteiger partial charge in [0.05, 0.1) is 39.5 Å². The second-order valence-electron chi connectivity index (χ2n) is 10.1. The van der Waals surface area contributed by atoms with E-state index in [0.717, 1.165) is 13.0 Å². The molecule has 4 rings (SSSR count). The van der Waals surface area contributed by atoms with Gasteiger partial charge in [0.15, 0.2) is 11.5 Å². The minimum absolute atomic E-state index is 0.0447. The number of fused-ring (bicyclic) bond motifs is 1. The van der Waals surface area contributed by atoms with Gasteiger partial charge < -0.3 is 33.6 Å². The molecule has 0 saturated carbocycles. The van der Waals surface area contributed by atoms with Crippen LogP contribution in [0, 0.1) is 11.8 Å². The summed E-state index contributed by atoms with van der Waals surface area (Å²) in [5, 5.41) is 0. The van der Waals surface area contributed by atoms with Crippen LogP contribution in [0.2, 0.25) is 0 Å². The van der Waals surface area contributed by atoms with Crippen LogP contribution in [-0.2, 0) is 14.3 Å². The molecule has 3 saturated heterocycles. The second kappa shape index (κ2) is 12.1. The maximum absolute atomic E-state index is 13.8. The van der Waals surface area contributed by atoms with E-state index in [1.165, 1.54) is 38.8 Å². The first kappa shape index (κ1) is 26.5. The smallest absolute Gasteiger partial charge is 0.228 e. The minimum Gasteiger partial charge on any atom is -0.493 e. The van der Waals surface area contributed by atoms with Crippen molar-refractivity contribution in [2.75, 3.05) is 72.7 Å². The summed E-state index contributed by atoms with van der Waals surface area (Å²) in [6.07, 6.45) is 6.29. The molecule has 2 amide bonds. The van der Waals surface area contributed by atoms with Gasteiger partial charge in [-0.1, -0.05) is 6.42 Å². The van der Waals surface area contributed by atoms with Crippen LogP contribution >= 0.6 is 0 Å². The zero-order valence-corrected chi connectivity index (χ0v) is 22.2. The van der Waals surface area contributed by atoms with Crippen molar-refractivity contribution in [1.29, 1.82) is 0 Å². The first-order chi connectivity index (χ1) is 17.5. The molecule has 0 unspecified atom stereocenters.